The van der Waals surface area contributed by atoms with Gasteiger partial charge in [-0.3, -0.25) is 14.3 Å². The maximum absolute atomic E-state index is 13.7. The number of pyridine rings is 1. The summed E-state index contributed by atoms with van der Waals surface area (Å²) in [5, 5.41) is 0. The number of rotatable bonds is 9. The number of fused-ring (bicyclic) bond motifs is 1. The Balaban J connectivity index is 1.94. The fraction of sp³-hybridized carbons (Fsp3) is 0.259. The number of nitrogens with zero attached hydrogens (tertiary/aromatic N) is 3. The Kier molecular flexibility index (Phi) is 7.80. The summed E-state index contributed by atoms with van der Waals surface area (Å²) in [5.74, 6) is 0.527. The monoisotopic (exact) mass is 505 g/mol. The fourth-order valence-electron chi connectivity index (χ4n) is 3.93. The van der Waals surface area contributed by atoms with Crippen LogP contribution in [-0.2, 0) is 9.53 Å². The average molecular weight is 506 g/mol. The van der Waals surface area contributed by atoms with Crippen LogP contribution in [0.4, 0.5) is 0 Å². The largest absolute Gasteiger partial charge is 0.490 e. The Labute approximate surface area is 212 Å². The Hall–Kier alpha value is -3.98. The van der Waals surface area contributed by atoms with Gasteiger partial charge in [-0.1, -0.05) is 36.1 Å². The Morgan fingerprint density at radius 2 is 2.00 bits per heavy atom. The van der Waals surface area contributed by atoms with Crippen molar-refractivity contribution in [1.29, 1.82) is 0 Å². The van der Waals surface area contributed by atoms with Gasteiger partial charge >= 0.3 is 5.97 Å². The second-order valence-corrected chi connectivity index (χ2v) is 8.80. The van der Waals surface area contributed by atoms with Gasteiger partial charge in [-0.25, -0.2) is 9.79 Å². The number of carbonyl (C=O) groups excluding carboxylic acids is 1. The number of benzene rings is 1. The lowest BCUT2D eigenvalue weighted by Crippen LogP contribution is -2.40. The molecule has 0 bridgehead atoms. The highest BCUT2D eigenvalue weighted by Gasteiger charge is 2.34. The van der Waals surface area contributed by atoms with E-state index in [1.807, 2.05) is 31.2 Å². The van der Waals surface area contributed by atoms with Crippen molar-refractivity contribution >= 4 is 23.4 Å². The van der Waals surface area contributed by atoms with Crippen LogP contribution in [0, 0.1) is 0 Å². The topological polar surface area (TPSA) is 92.0 Å². The predicted molar refractivity (Wildman–Crippen MR) is 138 cm³/mol. The molecule has 0 saturated heterocycles. The first kappa shape index (κ1) is 25.1. The summed E-state index contributed by atoms with van der Waals surface area (Å²) in [7, 11) is 0. The van der Waals surface area contributed by atoms with Crippen LogP contribution in [0.15, 0.2) is 76.3 Å². The fourth-order valence-corrected chi connectivity index (χ4v) is 4.96. The maximum Gasteiger partial charge on any atom is 0.338 e. The molecule has 0 saturated carbocycles. The number of aromatic nitrogens is 2. The smallest absolute Gasteiger partial charge is 0.338 e. The highest BCUT2D eigenvalue weighted by molar-refractivity contribution is 7.07. The molecule has 0 amide bonds. The van der Waals surface area contributed by atoms with Crippen molar-refractivity contribution in [3.05, 3.63) is 97.5 Å². The van der Waals surface area contributed by atoms with E-state index in [1.54, 1.807) is 44.3 Å². The molecule has 1 aliphatic heterocycles. The van der Waals surface area contributed by atoms with Gasteiger partial charge in [0, 0.05) is 6.20 Å². The molecule has 0 aliphatic carbocycles. The lowest BCUT2D eigenvalue weighted by atomic mass is 9.95. The molecule has 186 valence electrons. The van der Waals surface area contributed by atoms with Crippen LogP contribution < -0.4 is 24.4 Å². The number of ether oxygens (including phenoxy) is 3. The third-order valence-electron chi connectivity index (χ3n) is 5.42. The lowest BCUT2D eigenvalue weighted by molar-refractivity contribution is -0.139. The van der Waals surface area contributed by atoms with Crippen molar-refractivity contribution < 1.29 is 19.0 Å². The molecule has 4 rings (SSSR count). The molecular formula is C27H27N3O5S. The molecule has 1 atom stereocenters. The molecule has 0 radical (unpaired) electrons. The minimum atomic E-state index is -0.751. The van der Waals surface area contributed by atoms with Crippen LogP contribution in [0.25, 0.3) is 6.08 Å². The first-order valence-corrected chi connectivity index (χ1v) is 12.4. The molecule has 0 fully saturated rings. The number of esters is 1. The van der Waals surface area contributed by atoms with E-state index >= 15 is 0 Å². The molecule has 0 N–H and O–H groups in total. The normalized spacial score (nSPS) is 15.2. The highest BCUT2D eigenvalue weighted by Crippen LogP contribution is 2.36. The van der Waals surface area contributed by atoms with Gasteiger partial charge in [0.05, 0.1) is 40.8 Å². The summed E-state index contributed by atoms with van der Waals surface area (Å²) in [6.07, 6.45) is 5.04. The van der Waals surface area contributed by atoms with Crippen LogP contribution >= 0.6 is 11.3 Å². The van der Waals surface area contributed by atoms with Gasteiger partial charge in [0.15, 0.2) is 16.3 Å². The van der Waals surface area contributed by atoms with Crippen molar-refractivity contribution in [3.8, 4) is 11.5 Å². The van der Waals surface area contributed by atoms with Gasteiger partial charge in [-0.15, -0.1) is 0 Å². The van der Waals surface area contributed by atoms with Gasteiger partial charge in [0.2, 0.25) is 0 Å². The summed E-state index contributed by atoms with van der Waals surface area (Å²) in [6.45, 7) is 9.98. The van der Waals surface area contributed by atoms with Crippen LogP contribution in [0.1, 0.15) is 38.1 Å². The lowest BCUT2D eigenvalue weighted by Gasteiger charge is -2.25. The summed E-state index contributed by atoms with van der Waals surface area (Å²) in [5.41, 5.74) is 1.86. The van der Waals surface area contributed by atoms with E-state index in [9.17, 15) is 9.59 Å². The summed E-state index contributed by atoms with van der Waals surface area (Å²) in [4.78, 5) is 36.1. The van der Waals surface area contributed by atoms with Crippen molar-refractivity contribution in [2.45, 2.75) is 26.8 Å². The quantitative estimate of drug-likeness (QED) is 0.328. The maximum atomic E-state index is 13.7. The van der Waals surface area contributed by atoms with Gasteiger partial charge in [-0.2, -0.15) is 0 Å². The first-order valence-electron chi connectivity index (χ1n) is 11.6. The van der Waals surface area contributed by atoms with Crippen molar-refractivity contribution in [2.75, 3.05) is 19.8 Å². The van der Waals surface area contributed by atoms with Crippen LogP contribution in [0.3, 0.4) is 0 Å². The Bertz CT molecular complexity index is 1490. The molecule has 9 heteroatoms. The van der Waals surface area contributed by atoms with E-state index in [0.717, 1.165) is 0 Å². The van der Waals surface area contributed by atoms with Crippen LogP contribution in [-0.4, -0.2) is 35.3 Å². The molecule has 3 heterocycles. The minimum absolute atomic E-state index is 0.199. The Morgan fingerprint density at radius 1 is 1.17 bits per heavy atom. The number of hydrogen-bond donors (Lipinski definition) is 0. The number of hydrogen-bond acceptors (Lipinski definition) is 8. The van der Waals surface area contributed by atoms with E-state index < -0.39 is 12.0 Å². The molecule has 8 nitrogen and oxygen atoms in total. The zero-order chi connectivity index (χ0) is 25.7. The molecule has 0 unspecified atom stereocenters. The zero-order valence-electron chi connectivity index (χ0n) is 20.4. The van der Waals surface area contributed by atoms with Crippen molar-refractivity contribution in [1.82, 2.24) is 9.55 Å². The predicted octanol–water partition coefficient (Wildman–Crippen LogP) is 3.16. The molecule has 0 spiro atoms. The van der Waals surface area contributed by atoms with Crippen molar-refractivity contribution in [2.24, 2.45) is 4.99 Å². The third kappa shape index (κ3) is 5.01. The summed E-state index contributed by atoms with van der Waals surface area (Å²) >= 11 is 1.25. The molecule has 1 aliphatic rings. The van der Waals surface area contributed by atoms with E-state index in [4.69, 9.17) is 14.2 Å². The molecule has 3 aromatic rings. The molecule has 36 heavy (non-hydrogen) atoms. The van der Waals surface area contributed by atoms with Crippen LogP contribution in [0.2, 0.25) is 0 Å². The van der Waals surface area contributed by atoms with Crippen molar-refractivity contribution in [3.63, 3.8) is 0 Å². The van der Waals surface area contributed by atoms with Crippen LogP contribution in [0.5, 0.6) is 11.5 Å². The molecular weight excluding hydrogens is 478 g/mol. The van der Waals surface area contributed by atoms with E-state index in [0.29, 0.717) is 56.6 Å². The number of carbonyl (C=O) groups is 1. The Morgan fingerprint density at radius 3 is 2.69 bits per heavy atom. The van der Waals surface area contributed by atoms with Gasteiger partial charge in [-0.05, 0) is 56.7 Å². The minimum Gasteiger partial charge on any atom is -0.490 e. The highest BCUT2D eigenvalue weighted by atomic mass is 32.1. The third-order valence-corrected chi connectivity index (χ3v) is 6.41. The average Bonchev–Trinajstić information content (AvgIpc) is 3.17. The zero-order valence-corrected chi connectivity index (χ0v) is 21.2. The molecule has 1 aromatic carbocycles. The second-order valence-electron chi connectivity index (χ2n) is 7.80. The summed E-state index contributed by atoms with van der Waals surface area (Å²) in [6, 6.07) is 10.1. The van der Waals surface area contributed by atoms with E-state index in [1.165, 1.54) is 15.9 Å². The first-order chi connectivity index (χ1) is 17.5. The van der Waals surface area contributed by atoms with E-state index in [-0.39, 0.29) is 12.2 Å². The van der Waals surface area contributed by atoms with Gasteiger partial charge in [0.1, 0.15) is 6.61 Å². The number of thiazole rings is 1. The second kappa shape index (κ2) is 11.2. The summed E-state index contributed by atoms with van der Waals surface area (Å²) < 4.78 is 18.9. The van der Waals surface area contributed by atoms with Gasteiger partial charge in [0.25, 0.3) is 5.56 Å². The van der Waals surface area contributed by atoms with Gasteiger partial charge < -0.3 is 14.2 Å². The molecule has 2 aromatic heterocycles. The number of allylic oxidation sites excluding steroid dienone is 1. The van der Waals surface area contributed by atoms with E-state index in [2.05, 4.69) is 16.6 Å². The SMILES string of the molecule is C=CCOc1ccc([C@@H]2C(C(=O)OCC)=C(C)N=c3s/c(=C\c4ccccn4)c(=O)n32)cc1OCC. The standard InChI is InChI=1S/C27H27N3O5S/c1-5-14-35-20-12-11-18(15-21(20)33-6-2)24-23(26(32)34-7-3)17(4)29-27-30(24)25(31)22(36-27)16-19-10-8-9-13-28-19/h5,8-13,15-16,24H,1,6-7,14H2,2-4H3/b22-16-/t24-/m1/s1.